The number of anilines is 1. The normalized spacial score (nSPS) is 25.8. The van der Waals surface area contributed by atoms with Crippen LogP contribution in [0.4, 0.5) is 10.5 Å². The summed E-state index contributed by atoms with van der Waals surface area (Å²) in [4.78, 5) is 16.9. The number of urea groups is 1. The molecule has 2 atom stereocenters. The van der Waals surface area contributed by atoms with Gasteiger partial charge in [0.1, 0.15) is 0 Å². The van der Waals surface area contributed by atoms with E-state index in [1.165, 1.54) is 5.56 Å². The maximum Gasteiger partial charge on any atom is 0.321 e. The highest BCUT2D eigenvalue weighted by atomic mass is 16.5. The Kier molecular flexibility index (Phi) is 5.97. The Bertz CT molecular complexity index is 557. The molecular weight excluding hydrogens is 314 g/mol. The minimum absolute atomic E-state index is 0.0240. The third-order valence-electron chi connectivity index (χ3n) is 5.22. The number of morpholine rings is 1. The highest BCUT2D eigenvalue weighted by molar-refractivity contribution is 5.89. The molecule has 2 aliphatic heterocycles. The van der Waals surface area contributed by atoms with Crippen LogP contribution in [0.15, 0.2) is 24.3 Å². The van der Waals surface area contributed by atoms with Gasteiger partial charge in [-0.2, -0.15) is 0 Å². The van der Waals surface area contributed by atoms with Crippen LogP contribution >= 0.6 is 0 Å². The van der Waals surface area contributed by atoms with Gasteiger partial charge >= 0.3 is 6.03 Å². The Morgan fingerprint density at radius 2 is 1.72 bits per heavy atom. The van der Waals surface area contributed by atoms with E-state index in [1.807, 2.05) is 36.1 Å². The van der Waals surface area contributed by atoms with Gasteiger partial charge in [0.2, 0.25) is 0 Å². The molecular formula is C20H31N3O2. The van der Waals surface area contributed by atoms with Gasteiger partial charge in [-0.1, -0.05) is 17.7 Å². The number of amides is 2. The van der Waals surface area contributed by atoms with Crippen molar-refractivity contribution in [2.45, 2.75) is 45.8 Å². The lowest BCUT2D eigenvalue weighted by atomic mass is 9.96. The second-order valence-corrected chi connectivity index (χ2v) is 7.70. The number of aryl methyl sites for hydroxylation is 1. The summed E-state index contributed by atoms with van der Waals surface area (Å²) in [6.07, 6.45) is 2.82. The third-order valence-corrected chi connectivity index (χ3v) is 5.22. The number of ether oxygens (including phenoxy) is 1. The number of nitrogens with one attached hydrogen (secondary N) is 1. The van der Waals surface area contributed by atoms with Crippen LogP contribution in [0.2, 0.25) is 0 Å². The molecule has 1 aromatic rings. The summed E-state index contributed by atoms with van der Waals surface area (Å²) in [6.45, 7) is 11.2. The highest BCUT2D eigenvalue weighted by Crippen LogP contribution is 2.21. The molecule has 2 heterocycles. The quantitative estimate of drug-likeness (QED) is 0.914. The topological polar surface area (TPSA) is 44.8 Å². The van der Waals surface area contributed by atoms with Crippen molar-refractivity contribution in [1.29, 1.82) is 0 Å². The summed E-state index contributed by atoms with van der Waals surface area (Å²) in [5.41, 5.74) is 2.07. The molecule has 2 aliphatic rings. The molecule has 1 N–H and O–H groups in total. The van der Waals surface area contributed by atoms with Crippen LogP contribution in [0.3, 0.4) is 0 Å². The van der Waals surface area contributed by atoms with Crippen molar-refractivity contribution in [3.05, 3.63) is 29.8 Å². The summed E-state index contributed by atoms with van der Waals surface area (Å²) in [6, 6.07) is 7.98. The van der Waals surface area contributed by atoms with Gasteiger partial charge in [-0.05, 0) is 51.7 Å². The summed E-state index contributed by atoms with van der Waals surface area (Å²) >= 11 is 0. The first-order valence-corrected chi connectivity index (χ1v) is 9.50. The van der Waals surface area contributed by atoms with Crippen molar-refractivity contribution in [3.63, 3.8) is 0 Å². The van der Waals surface area contributed by atoms with E-state index in [1.54, 1.807) is 0 Å². The molecule has 0 unspecified atom stereocenters. The van der Waals surface area contributed by atoms with Gasteiger partial charge < -0.3 is 15.0 Å². The van der Waals surface area contributed by atoms with Crippen molar-refractivity contribution in [2.75, 3.05) is 38.0 Å². The maximum absolute atomic E-state index is 12.4. The first-order valence-electron chi connectivity index (χ1n) is 9.50. The Morgan fingerprint density at radius 3 is 2.32 bits per heavy atom. The predicted octanol–water partition coefficient (Wildman–Crippen LogP) is 3.35. The molecule has 3 rings (SSSR count). The fourth-order valence-electron chi connectivity index (χ4n) is 3.96. The van der Waals surface area contributed by atoms with Crippen LogP contribution in [0.5, 0.6) is 0 Å². The number of carbonyl (C=O) groups excluding carboxylic acids is 1. The zero-order valence-corrected chi connectivity index (χ0v) is 15.7. The third kappa shape index (κ3) is 5.19. The van der Waals surface area contributed by atoms with Crippen molar-refractivity contribution in [3.8, 4) is 0 Å². The van der Waals surface area contributed by atoms with E-state index in [2.05, 4.69) is 24.1 Å². The number of benzene rings is 1. The van der Waals surface area contributed by atoms with E-state index in [4.69, 9.17) is 4.74 Å². The van der Waals surface area contributed by atoms with E-state index in [9.17, 15) is 4.79 Å². The standard InChI is InChI=1S/C20H31N3O2/c1-15-4-6-19(7-5-15)21-20(24)23-10-8-18(9-11-23)14-22-12-16(2)25-17(3)13-22/h4-7,16-18H,8-14H2,1-3H3,(H,21,24)/t16-,17-/m1/s1. The van der Waals surface area contributed by atoms with Gasteiger partial charge in [0, 0.05) is 38.4 Å². The molecule has 2 amide bonds. The van der Waals surface area contributed by atoms with Gasteiger partial charge in [-0.25, -0.2) is 4.79 Å². The van der Waals surface area contributed by atoms with Crippen LogP contribution in [-0.2, 0) is 4.74 Å². The smallest absolute Gasteiger partial charge is 0.321 e. The zero-order valence-electron chi connectivity index (χ0n) is 15.7. The molecule has 0 saturated carbocycles. The first kappa shape index (κ1) is 18.2. The highest BCUT2D eigenvalue weighted by Gasteiger charge is 2.27. The lowest BCUT2D eigenvalue weighted by Crippen LogP contribution is -2.49. The summed E-state index contributed by atoms with van der Waals surface area (Å²) in [7, 11) is 0. The SMILES string of the molecule is Cc1ccc(NC(=O)N2CCC(CN3C[C@@H](C)O[C@H](C)C3)CC2)cc1. The molecule has 5 nitrogen and oxygen atoms in total. The van der Waals surface area contributed by atoms with E-state index in [0.29, 0.717) is 18.1 Å². The summed E-state index contributed by atoms with van der Waals surface area (Å²) < 4.78 is 5.82. The van der Waals surface area contributed by atoms with Crippen LogP contribution < -0.4 is 5.32 Å². The average molecular weight is 345 g/mol. The molecule has 2 fully saturated rings. The van der Waals surface area contributed by atoms with E-state index in [0.717, 1.165) is 51.3 Å². The Hall–Kier alpha value is -1.59. The Morgan fingerprint density at radius 1 is 1.12 bits per heavy atom. The van der Waals surface area contributed by atoms with Gasteiger partial charge in [0.05, 0.1) is 12.2 Å². The van der Waals surface area contributed by atoms with Gasteiger partial charge in [-0.3, -0.25) is 4.90 Å². The number of likely N-dealkylation sites (tertiary alicyclic amines) is 1. The zero-order chi connectivity index (χ0) is 17.8. The van der Waals surface area contributed by atoms with Crippen LogP contribution in [0, 0.1) is 12.8 Å². The largest absolute Gasteiger partial charge is 0.373 e. The lowest BCUT2D eigenvalue weighted by Gasteiger charge is -2.39. The maximum atomic E-state index is 12.4. The molecule has 0 spiro atoms. The van der Waals surface area contributed by atoms with Crippen molar-refractivity contribution >= 4 is 11.7 Å². The van der Waals surface area contributed by atoms with Gasteiger partial charge in [-0.15, -0.1) is 0 Å². The average Bonchev–Trinajstić information content (AvgIpc) is 2.56. The van der Waals surface area contributed by atoms with Crippen molar-refractivity contribution in [1.82, 2.24) is 9.80 Å². The van der Waals surface area contributed by atoms with Crippen molar-refractivity contribution in [2.24, 2.45) is 5.92 Å². The number of hydrogen-bond acceptors (Lipinski definition) is 3. The second-order valence-electron chi connectivity index (χ2n) is 7.70. The lowest BCUT2D eigenvalue weighted by molar-refractivity contribution is -0.0728. The molecule has 0 aliphatic carbocycles. The van der Waals surface area contributed by atoms with E-state index < -0.39 is 0 Å². The van der Waals surface area contributed by atoms with Gasteiger partial charge in [0.15, 0.2) is 0 Å². The number of hydrogen-bond donors (Lipinski definition) is 1. The predicted molar refractivity (Wildman–Crippen MR) is 101 cm³/mol. The Labute approximate surface area is 151 Å². The molecule has 0 bridgehead atoms. The fraction of sp³-hybridized carbons (Fsp3) is 0.650. The van der Waals surface area contributed by atoms with E-state index in [-0.39, 0.29) is 6.03 Å². The molecule has 0 radical (unpaired) electrons. The molecule has 0 aromatic heterocycles. The number of nitrogens with zero attached hydrogens (tertiary/aromatic N) is 2. The van der Waals surface area contributed by atoms with Crippen LogP contribution in [0.1, 0.15) is 32.3 Å². The number of rotatable bonds is 3. The minimum atomic E-state index is 0.0240. The summed E-state index contributed by atoms with van der Waals surface area (Å²) in [5, 5.41) is 3.01. The minimum Gasteiger partial charge on any atom is -0.373 e. The van der Waals surface area contributed by atoms with E-state index >= 15 is 0 Å². The number of carbonyl (C=O) groups is 1. The van der Waals surface area contributed by atoms with Crippen LogP contribution in [-0.4, -0.2) is 60.8 Å². The molecule has 138 valence electrons. The van der Waals surface area contributed by atoms with Crippen molar-refractivity contribution < 1.29 is 9.53 Å². The monoisotopic (exact) mass is 345 g/mol. The van der Waals surface area contributed by atoms with Crippen LogP contribution in [0.25, 0.3) is 0 Å². The fourth-order valence-corrected chi connectivity index (χ4v) is 3.96. The molecule has 2 saturated heterocycles. The molecule has 25 heavy (non-hydrogen) atoms. The second kappa shape index (κ2) is 8.19. The molecule has 1 aromatic carbocycles. The first-order chi connectivity index (χ1) is 12.0. The number of piperidine rings is 1. The Balaban J connectivity index is 1.43. The van der Waals surface area contributed by atoms with Gasteiger partial charge in [0.25, 0.3) is 0 Å². The summed E-state index contributed by atoms with van der Waals surface area (Å²) in [5.74, 6) is 0.681. The molecule has 5 heteroatoms.